The van der Waals surface area contributed by atoms with Gasteiger partial charge in [-0.15, -0.1) is 0 Å². The van der Waals surface area contributed by atoms with E-state index in [9.17, 15) is 4.79 Å². The van der Waals surface area contributed by atoms with Gasteiger partial charge in [0, 0.05) is 60.7 Å². The van der Waals surface area contributed by atoms with Gasteiger partial charge in [-0.25, -0.2) is 9.97 Å². The highest BCUT2D eigenvalue weighted by Crippen LogP contribution is 2.40. The van der Waals surface area contributed by atoms with Gasteiger partial charge in [0.25, 0.3) is 5.91 Å². The van der Waals surface area contributed by atoms with Gasteiger partial charge in [0.05, 0.1) is 6.20 Å². The van der Waals surface area contributed by atoms with Crippen molar-refractivity contribution < 1.29 is 4.79 Å². The molecule has 3 aromatic heterocycles. The van der Waals surface area contributed by atoms with Gasteiger partial charge in [-0.05, 0) is 61.1 Å². The molecule has 0 radical (unpaired) electrons. The number of aromatic nitrogens is 4. The maximum Gasteiger partial charge on any atom is 0.257 e. The summed E-state index contributed by atoms with van der Waals surface area (Å²) in [5.74, 6) is 1.21. The Morgan fingerprint density at radius 3 is 2.65 bits per heavy atom. The van der Waals surface area contributed by atoms with Crippen LogP contribution in [-0.2, 0) is 7.05 Å². The predicted molar refractivity (Wildman–Crippen MR) is 133 cm³/mol. The van der Waals surface area contributed by atoms with Gasteiger partial charge in [-0.3, -0.25) is 9.48 Å². The normalized spacial score (nSPS) is 17.0. The van der Waals surface area contributed by atoms with Crippen LogP contribution in [0.15, 0.2) is 61.2 Å². The number of nitrogens with zero attached hydrogens (tertiary/aromatic N) is 5. The minimum atomic E-state index is -0.184. The standard InChI is InChI=1S/C26H27N7O/c1-32-15-22(14-30-32)18-2-3-20-13-29-23(11-21(20)10-18)31-25(34)19-4-7-28-24(12-19)33-16-26(17-33)5-8-27-9-6-26/h2-4,7,10-15,27H,5-6,8-9,16-17H2,1H3,(H,29,31,34). The van der Waals surface area contributed by atoms with Crippen molar-refractivity contribution in [2.75, 3.05) is 36.4 Å². The molecule has 0 aliphatic carbocycles. The second-order valence-corrected chi connectivity index (χ2v) is 9.50. The van der Waals surface area contributed by atoms with Crippen molar-refractivity contribution in [3.63, 3.8) is 0 Å². The number of carbonyl (C=O) groups excluding carboxylic acids is 1. The summed E-state index contributed by atoms with van der Waals surface area (Å²) in [5, 5.41) is 12.7. The maximum atomic E-state index is 13.0. The lowest BCUT2D eigenvalue weighted by Crippen LogP contribution is -2.60. The highest BCUT2D eigenvalue weighted by atomic mass is 16.1. The SMILES string of the molecule is Cn1cc(-c2ccc3cnc(NC(=O)c4ccnc(N5CC6(CCNCC6)C5)c4)cc3c2)cn1. The Balaban J connectivity index is 1.18. The van der Waals surface area contributed by atoms with Crippen LogP contribution in [0.5, 0.6) is 0 Å². The average molecular weight is 454 g/mol. The van der Waals surface area contributed by atoms with Gasteiger partial charge in [-0.1, -0.05) is 12.1 Å². The molecule has 0 atom stereocenters. The summed E-state index contributed by atoms with van der Waals surface area (Å²) in [7, 11) is 1.90. The lowest BCUT2D eigenvalue weighted by Gasteiger charge is -2.53. The highest BCUT2D eigenvalue weighted by Gasteiger charge is 2.43. The van der Waals surface area contributed by atoms with E-state index in [2.05, 4.69) is 42.7 Å². The summed E-state index contributed by atoms with van der Waals surface area (Å²) in [6, 6.07) is 11.7. The molecule has 8 nitrogen and oxygen atoms in total. The molecule has 2 aliphatic heterocycles. The molecule has 34 heavy (non-hydrogen) atoms. The van der Waals surface area contributed by atoms with Gasteiger partial charge < -0.3 is 15.5 Å². The highest BCUT2D eigenvalue weighted by molar-refractivity contribution is 6.05. The molecule has 8 heteroatoms. The van der Waals surface area contributed by atoms with Crippen LogP contribution in [0, 0.1) is 5.41 Å². The number of rotatable bonds is 4. The molecule has 2 N–H and O–H groups in total. The zero-order chi connectivity index (χ0) is 23.1. The smallest absolute Gasteiger partial charge is 0.257 e. The van der Waals surface area contributed by atoms with Crippen LogP contribution in [0.25, 0.3) is 21.9 Å². The number of carbonyl (C=O) groups is 1. The molecule has 0 bridgehead atoms. The molecule has 1 aromatic carbocycles. The molecule has 1 spiro atoms. The zero-order valence-corrected chi connectivity index (χ0v) is 19.2. The molecule has 4 aromatic rings. The Morgan fingerprint density at radius 1 is 1.00 bits per heavy atom. The molecule has 172 valence electrons. The Labute approximate surface area is 198 Å². The van der Waals surface area contributed by atoms with Crippen LogP contribution in [0.1, 0.15) is 23.2 Å². The Hall–Kier alpha value is -3.78. The van der Waals surface area contributed by atoms with Crippen LogP contribution in [0.3, 0.4) is 0 Å². The predicted octanol–water partition coefficient (Wildman–Crippen LogP) is 3.47. The van der Waals surface area contributed by atoms with Gasteiger partial charge in [0.1, 0.15) is 11.6 Å². The summed E-state index contributed by atoms with van der Waals surface area (Å²) in [6.45, 7) is 4.20. The van der Waals surface area contributed by atoms with Crippen molar-refractivity contribution in [3.8, 4) is 11.1 Å². The first-order valence-electron chi connectivity index (χ1n) is 11.7. The number of benzene rings is 1. The molecular weight excluding hydrogens is 426 g/mol. The monoisotopic (exact) mass is 453 g/mol. The fourth-order valence-corrected chi connectivity index (χ4v) is 5.08. The molecule has 1 amide bonds. The largest absolute Gasteiger partial charge is 0.355 e. The summed E-state index contributed by atoms with van der Waals surface area (Å²) in [5.41, 5.74) is 3.12. The Morgan fingerprint density at radius 2 is 1.85 bits per heavy atom. The first-order valence-corrected chi connectivity index (χ1v) is 11.7. The Kier molecular flexibility index (Phi) is 5.03. The van der Waals surface area contributed by atoms with Crippen molar-refractivity contribution >= 4 is 28.3 Å². The second-order valence-electron chi connectivity index (χ2n) is 9.50. The van der Waals surface area contributed by atoms with Gasteiger partial charge in [0.15, 0.2) is 0 Å². The quantitative estimate of drug-likeness (QED) is 0.492. The number of aryl methyl sites for hydroxylation is 1. The Bertz CT molecular complexity index is 1360. The van der Waals surface area contributed by atoms with Gasteiger partial charge in [0.2, 0.25) is 0 Å². The van der Waals surface area contributed by atoms with E-state index in [4.69, 9.17) is 0 Å². The minimum Gasteiger partial charge on any atom is -0.355 e. The second kappa shape index (κ2) is 8.22. The lowest BCUT2D eigenvalue weighted by molar-refractivity contribution is 0.102. The fraction of sp³-hybridized carbons (Fsp3) is 0.308. The number of nitrogens with one attached hydrogen (secondary N) is 2. The maximum absolute atomic E-state index is 13.0. The van der Waals surface area contributed by atoms with Crippen molar-refractivity contribution in [2.45, 2.75) is 12.8 Å². The number of piperidine rings is 1. The van der Waals surface area contributed by atoms with Crippen LogP contribution >= 0.6 is 0 Å². The molecule has 0 unspecified atom stereocenters. The van der Waals surface area contributed by atoms with E-state index in [1.54, 1.807) is 23.1 Å². The van der Waals surface area contributed by atoms with E-state index in [-0.39, 0.29) is 5.91 Å². The third kappa shape index (κ3) is 3.90. The summed E-state index contributed by atoms with van der Waals surface area (Å²) in [4.78, 5) is 24.2. The van der Waals surface area contributed by atoms with E-state index in [0.29, 0.717) is 16.8 Å². The molecular formula is C26H27N7O. The number of fused-ring (bicyclic) bond motifs is 1. The molecule has 2 aliphatic rings. The number of amides is 1. The van der Waals surface area contributed by atoms with E-state index in [1.807, 2.05) is 37.6 Å². The topological polar surface area (TPSA) is 88.0 Å². The number of hydrogen-bond acceptors (Lipinski definition) is 6. The first-order chi connectivity index (χ1) is 16.6. The van der Waals surface area contributed by atoms with E-state index in [1.165, 1.54) is 12.8 Å². The minimum absolute atomic E-state index is 0.184. The lowest BCUT2D eigenvalue weighted by atomic mass is 9.72. The molecule has 5 heterocycles. The van der Waals surface area contributed by atoms with Crippen LogP contribution < -0.4 is 15.5 Å². The third-order valence-electron chi connectivity index (χ3n) is 7.05. The molecule has 0 saturated carbocycles. The average Bonchev–Trinajstić information content (AvgIpc) is 3.29. The van der Waals surface area contributed by atoms with Crippen molar-refractivity contribution in [3.05, 3.63) is 66.7 Å². The van der Waals surface area contributed by atoms with E-state index >= 15 is 0 Å². The summed E-state index contributed by atoms with van der Waals surface area (Å²) < 4.78 is 1.78. The number of hydrogen-bond donors (Lipinski definition) is 2. The van der Waals surface area contributed by atoms with Crippen LogP contribution in [0.2, 0.25) is 0 Å². The molecule has 6 rings (SSSR count). The van der Waals surface area contributed by atoms with Crippen LogP contribution in [-0.4, -0.2) is 51.8 Å². The van der Waals surface area contributed by atoms with Crippen molar-refractivity contribution in [1.29, 1.82) is 0 Å². The van der Waals surface area contributed by atoms with Crippen molar-refractivity contribution in [1.82, 2.24) is 25.1 Å². The third-order valence-corrected chi connectivity index (χ3v) is 7.05. The summed E-state index contributed by atoms with van der Waals surface area (Å²) in [6.07, 6.45) is 9.74. The van der Waals surface area contributed by atoms with E-state index < -0.39 is 0 Å². The van der Waals surface area contributed by atoms with Crippen molar-refractivity contribution in [2.24, 2.45) is 12.5 Å². The first kappa shape index (κ1) is 20.8. The molecule has 2 fully saturated rings. The number of anilines is 2. The van der Waals surface area contributed by atoms with Gasteiger partial charge >= 0.3 is 0 Å². The molecule has 2 saturated heterocycles. The van der Waals surface area contributed by atoms with Gasteiger partial charge in [-0.2, -0.15) is 5.10 Å². The zero-order valence-electron chi connectivity index (χ0n) is 19.2. The fourth-order valence-electron chi connectivity index (χ4n) is 5.08. The van der Waals surface area contributed by atoms with Crippen LogP contribution in [0.4, 0.5) is 11.6 Å². The summed E-state index contributed by atoms with van der Waals surface area (Å²) >= 11 is 0. The number of pyridine rings is 2. The van der Waals surface area contributed by atoms with E-state index in [0.717, 1.165) is 53.9 Å².